The summed E-state index contributed by atoms with van der Waals surface area (Å²) in [5, 5.41) is 2.96. The number of thioether (sulfide) groups is 1. The maximum atomic E-state index is 13.1. The summed E-state index contributed by atoms with van der Waals surface area (Å²) in [7, 11) is 0. The average molecular weight is 392 g/mol. The second-order valence-electron chi connectivity index (χ2n) is 7.98. The van der Waals surface area contributed by atoms with Crippen LogP contribution < -0.4 is 5.32 Å². The van der Waals surface area contributed by atoms with E-state index in [1.165, 1.54) is 35.0 Å². The van der Waals surface area contributed by atoms with E-state index >= 15 is 0 Å². The Balaban J connectivity index is 1.41. The maximum Gasteiger partial charge on any atom is 0.325 e. The molecule has 3 saturated heterocycles. The van der Waals surface area contributed by atoms with Gasteiger partial charge >= 0.3 is 6.03 Å². The maximum absolute atomic E-state index is 13.1. The van der Waals surface area contributed by atoms with Crippen molar-refractivity contribution in [1.29, 1.82) is 0 Å². The number of nitrogens with one attached hydrogen (secondary N) is 1. The lowest BCUT2D eigenvalue weighted by molar-refractivity contribution is -0.133. The normalized spacial score (nSPS) is 30.1. The Morgan fingerprint density at radius 3 is 2.52 bits per heavy atom. The number of benzene rings is 1. The van der Waals surface area contributed by atoms with E-state index in [1.54, 1.807) is 12.1 Å². The number of piperidine rings is 1. The van der Waals surface area contributed by atoms with Gasteiger partial charge in [-0.2, -0.15) is 11.8 Å². The molecule has 27 heavy (non-hydrogen) atoms. The van der Waals surface area contributed by atoms with Gasteiger partial charge in [-0.3, -0.25) is 14.6 Å². The lowest BCUT2D eigenvalue weighted by Gasteiger charge is -2.40. The first-order valence-corrected chi connectivity index (χ1v) is 10.8. The highest BCUT2D eigenvalue weighted by Crippen LogP contribution is 2.35. The summed E-state index contributed by atoms with van der Waals surface area (Å²) in [4.78, 5) is 29.4. The topological polar surface area (TPSA) is 52.7 Å². The molecule has 146 valence electrons. The highest BCUT2D eigenvalue weighted by atomic mass is 32.2. The van der Waals surface area contributed by atoms with Crippen LogP contribution in [-0.2, 0) is 11.3 Å². The van der Waals surface area contributed by atoms with Gasteiger partial charge in [-0.05, 0) is 68.6 Å². The summed E-state index contributed by atoms with van der Waals surface area (Å²) >= 11 is 2.02. The van der Waals surface area contributed by atoms with Gasteiger partial charge in [-0.15, -0.1) is 0 Å². The predicted molar refractivity (Wildman–Crippen MR) is 104 cm³/mol. The molecule has 3 aliphatic heterocycles. The zero-order chi connectivity index (χ0) is 19.0. The molecule has 7 heteroatoms. The highest BCUT2D eigenvalue weighted by molar-refractivity contribution is 7.99. The number of urea groups is 1. The molecule has 0 spiro atoms. The standard InChI is InChI=1S/C20H26FN3O2S/c1-20(15-6-9-23(10-7-15)17-8-11-27-13-17)18(25)24(19(26)22-20)12-14-2-4-16(21)5-3-14/h2-5,15,17H,6-13H2,1H3,(H,22,26). The minimum absolute atomic E-state index is 0.150. The third-order valence-corrected chi connectivity index (χ3v) is 7.47. The van der Waals surface area contributed by atoms with Crippen LogP contribution in [0.25, 0.3) is 0 Å². The molecule has 2 unspecified atom stereocenters. The number of imide groups is 1. The molecule has 3 aliphatic rings. The van der Waals surface area contributed by atoms with Gasteiger partial charge in [0.1, 0.15) is 11.4 Å². The number of halogens is 1. The van der Waals surface area contributed by atoms with Crippen LogP contribution in [0.1, 0.15) is 31.7 Å². The van der Waals surface area contributed by atoms with Crippen molar-refractivity contribution in [2.75, 3.05) is 24.6 Å². The van der Waals surface area contributed by atoms with Crippen molar-refractivity contribution in [2.24, 2.45) is 5.92 Å². The van der Waals surface area contributed by atoms with Crippen molar-refractivity contribution in [3.05, 3.63) is 35.6 Å². The molecule has 0 aliphatic carbocycles. The lowest BCUT2D eigenvalue weighted by atomic mass is 9.78. The van der Waals surface area contributed by atoms with Crippen LogP contribution >= 0.6 is 11.8 Å². The summed E-state index contributed by atoms with van der Waals surface area (Å²) in [5.41, 5.74) is -0.0918. The zero-order valence-corrected chi connectivity index (χ0v) is 16.4. The van der Waals surface area contributed by atoms with Crippen molar-refractivity contribution >= 4 is 23.7 Å². The summed E-state index contributed by atoms with van der Waals surface area (Å²) in [6.45, 7) is 4.03. The van der Waals surface area contributed by atoms with Crippen LogP contribution in [0.5, 0.6) is 0 Å². The van der Waals surface area contributed by atoms with Gasteiger partial charge in [0.05, 0.1) is 6.54 Å². The van der Waals surface area contributed by atoms with Gasteiger partial charge < -0.3 is 5.32 Å². The molecule has 3 amide bonds. The molecule has 3 fully saturated rings. The fourth-order valence-corrected chi connectivity index (χ4v) is 5.82. The van der Waals surface area contributed by atoms with Gasteiger partial charge in [-0.1, -0.05) is 12.1 Å². The first-order valence-electron chi connectivity index (χ1n) is 9.68. The molecular weight excluding hydrogens is 365 g/mol. The number of carbonyl (C=O) groups is 2. The van der Waals surface area contributed by atoms with E-state index in [9.17, 15) is 14.0 Å². The van der Waals surface area contributed by atoms with E-state index in [4.69, 9.17) is 0 Å². The van der Waals surface area contributed by atoms with Crippen LogP contribution in [0, 0.1) is 11.7 Å². The zero-order valence-electron chi connectivity index (χ0n) is 15.6. The number of amides is 3. The first kappa shape index (κ1) is 18.7. The van der Waals surface area contributed by atoms with Crippen LogP contribution in [0.15, 0.2) is 24.3 Å². The van der Waals surface area contributed by atoms with Gasteiger partial charge in [0.2, 0.25) is 0 Å². The molecule has 0 radical (unpaired) electrons. The van der Waals surface area contributed by atoms with Crippen LogP contribution in [0.3, 0.4) is 0 Å². The fraction of sp³-hybridized carbons (Fsp3) is 0.600. The van der Waals surface area contributed by atoms with Crippen molar-refractivity contribution in [2.45, 2.75) is 44.3 Å². The molecular formula is C20H26FN3O2S. The molecule has 2 atom stereocenters. The molecule has 1 N–H and O–H groups in total. The van der Waals surface area contributed by atoms with E-state index in [0.29, 0.717) is 6.04 Å². The smallest absolute Gasteiger partial charge is 0.323 e. The van der Waals surface area contributed by atoms with E-state index in [-0.39, 0.29) is 30.2 Å². The largest absolute Gasteiger partial charge is 0.325 e. The minimum atomic E-state index is -0.840. The molecule has 0 bridgehead atoms. The van der Waals surface area contributed by atoms with Crippen LogP contribution in [0.4, 0.5) is 9.18 Å². The molecule has 4 rings (SSSR count). The highest BCUT2D eigenvalue weighted by Gasteiger charge is 2.52. The number of nitrogens with zero attached hydrogens (tertiary/aromatic N) is 2. The summed E-state index contributed by atoms with van der Waals surface area (Å²) in [5.74, 6) is 2.12. The number of likely N-dealkylation sites (tertiary alicyclic amines) is 1. The van der Waals surface area contributed by atoms with E-state index < -0.39 is 5.54 Å². The lowest BCUT2D eigenvalue weighted by Crippen LogP contribution is -2.55. The Hall–Kier alpha value is -1.60. The third-order valence-electron chi connectivity index (χ3n) is 6.32. The summed E-state index contributed by atoms with van der Waals surface area (Å²) in [6.07, 6.45) is 3.11. The van der Waals surface area contributed by atoms with E-state index in [0.717, 1.165) is 31.5 Å². The quantitative estimate of drug-likeness (QED) is 0.802. The fourth-order valence-electron chi connectivity index (χ4n) is 4.56. The van der Waals surface area contributed by atoms with Gasteiger partial charge in [0, 0.05) is 11.8 Å². The number of carbonyl (C=O) groups excluding carboxylic acids is 2. The number of hydrogen-bond acceptors (Lipinski definition) is 4. The summed E-state index contributed by atoms with van der Waals surface area (Å²) in [6, 6.07) is 6.26. The first-order chi connectivity index (χ1) is 13.0. The SMILES string of the molecule is CC1(C2CCN(C3CCSC3)CC2)NC(=O)N(Cc2ccc(F)cc2)C1=O. The molecule has 3 heterocycles. The average Bonchev–Trinajstić information content (AvgIpc) is 3.28. The second-order valence-corrected chi connectivity index (χ2v) is 9.13. The van der Waals surface area contributed by atoms with Crippen molar-refractivity contribution < 1.29 is 14.0 Å². The Labute approximate surface area is 163 Å². The second kappa shape index (κ2) is 7.43. The summed E-state index contributed by atoms with van der Waals surface area (Å²) < 4.78 is 13.1. The monoisotopic (exact) mass is 391 g/mol. The van der Waals surface area contributed by atoms with Gasteiger partial charge in [0.25, 0.3) is 5.91 Å². The van der Waals surface area contributed by atoms with Crippen molar-refractivity contribution in [3.8, 4) is 0 Å². The Bertz CT molecular complexity index is 714. The van der Waals surface area contributed by atoms with Crippen LogP contribution in [0.2, 0.25) is 0 Å². The van der Waals surface area contributed by atoms with Crippen LogP contribution in [-0.4, -0.2) is 57.9 Å². The van der Waals surface area contributed by atoms with Crippen molar-refractivity contribution in [1.82, 2.24) is 15.1 Å². The molecule has 1 aromatic carbocycles. The Morgan fingerprint density at radius 2 is 1.89 bits per heavy atom. The third kappa shape index (κ3) is 3.59. The molecule has 5 nitrogen and oxygen atoms in total. The minimum Gasteiger partial charge on any atom is -0.323 e. The van der Waals surface area contributed by atoms with E-state index in [1.807, 2.05) is 18.7 Å². The number of hydrogen-bond donors (Lipinski definition) is 1. The molecule has 0 saturated carbocycles. The molecule has 1 aromatic rings. The Kier molecular flexibility index (Phi) is 5.16. The van der Waals surface area contributed by atoms with Gasteiger partial charge in [-0.25, -0.2) is 9.18 Å². The predicted octanol–water partition coefficient (Wildman–Crippen LogP) is 2.85. The molecule has 0 aromatic heterocycles. The van der Waals surface area contributed by atoms with E-state index in [2.05, 4.69) is 10.2 Å². The van der Waals surface area contributed by atoms with Crippen molar-refractivity contribution in [3.63, 3.8) is 0 Å². The Morgan fingerprint density at radius 1 is 1.19 bits per heavy atom. The van der Waals surface area contributed by atoms with Gasteiger partial charge in [0.15, 0.2) is 0 Å². The number of rotatable bonds is 4.